The number of carbonyl (C=O) groups is 2. The minimum atomic E-state index is -0.355. The van der Waals surface area contributed by atoms with Gasteiger partial charge in [-0.2, -0.15) is 0 Å². The summed E-state index contributed by atoms with van der Waals surface area (Å²) in [7, 11) is 2.89. The number of para-hydroxylation sites is 1. The summed E-state index contributed by atoms with van der Waals surface area (Å²) in [5, 5.41) is 0.978. The summed E-state index contributed by atoms with van der Waals surface area (Å²) in [4.78, 5) is 25.1. The smallest absolute Gasteiger partial charge is 0.307 e. The van der Waals surface area contributed by atoms with Crippen molar-refractivity contribution in [2.45, 2.75) is 6.42 Å². The molecule has 0 aliphatic rings. The van der Waals surface area contributed by atoms with Gasteiger partial charge in [0.2, 0.25) is 5.91 Å². The predicted molar refractivity (Wildman–Crippen MR) is 90.3 cm³/mol. The van der Waals surface area contributed by atoms with Gasteiger partial charge in [0.25, 0.3) is 0 Å². The number of amides is 1. The standard InChI is InChI=1S/C18H21NO5/c1-22-12-11-19(10-9-18(21)23-2)17(20)8-7-15-13-14-5-3-4-6-16(14)24-15/h3-8,13H,9-12H2,1-2H3/b8-7+. The molecule has 1 aromatic heterocycles. The highest BCUT2D eigenvalue weighted by Gasteiger charge is 2.13. The van der Waals surface area contributed by atoms with Crippen LogP contribution in [0.25, 0.3) is 17.0 Å². The first-order valence-corrected chi connectivity index (χ1v) is 7.65. The Morgan fingerprint density at radius 2 is 2.00 bits per heavy atom. The number of rotatable bonds is 8. The molecule has 2 aromatic rings. The molecule has 128 valence electrons. The van der Waals surface area contributed by atoms with E-state index in [9.17, 15) is 9.59 Å². The van der Waals surface area contributed by atoms with Gasteiger partial charge < -0.3 is 18.8 Å². The second kappa shape index (κ2) is 8.88. The second-order valence-electron chi connectivity index (χ2n) is 5.16. The van der Waals surface area contributed by atoms with E-state index in [0.29, 0.717) is 18.9 Å². The van der Waals surface area contributed by atoms with Gasteiger partial charge in [0, 0.05) is 31.7 Å². The van der Waals surface area contributed by atoms with Crippen molar-refractivity contribution in [1.29, 1.82) is 0 Å². The molecular weight excluding hydrogens is 310 g/mol. The fraction of sp³-hybridized carbons (Fsp3) is 0.333. The van der Waals surface area contributed by atoms with Gasteiger partial charge in [0.15, 0.2) is 0 Å². The Balaban J connectivity index is 2.02. The third kappa shape index (κ3) is 4.96. The Morgan fingerprint density at radius 3 is 2.71 bits per heavy atom. The summed E-state index contributed by atoms with van der Waals surface area (Å²) in [5.41, 5.74) is 0.770. The van der Waals surface area contributed by atoms with Crippen molar-refractivity contribution >= 4 is 28.9 Å². The van der Waals surface area contributed by atoms with E-state index in [1.807, 2.05) is 30.3 Å². The van der Waals surface area contributed by atoms with Crippen LogP contribution in [0.2, 0.25) is 0 Å². The number of ether oxygens (including phenoxy) is 2. The van der Waals surface area contributed by atoms with Crippen LogP contribution in [0, 0.1) is 0 Å². The number of furan rings is 1. The molecule has 24 heavy (non-hydrogen) atoms. The molecule has 0 aliphatic carbocycles. The molecule has 0 fully saturated rings. The normalized spacial score (nSPS) is 11.1. The van der Waals surface area contributed by atoms with Crippen LogP contribution < -0.4 is 0 Å². The number of hydrogen-bond donors (Lipinski definition) is 0. The molecule has 0 aliphatic heterocycles. The van der Waals surface area contributed by atoms with E-state index in [4.69, 9.17) is 9.15 Å². The summed E-state index contributed by atoms with van der Waals surface area (Å²) in [6.45, 7) is 1.07. The van der Waals surface area contributed by atoms with E-state index in [1.165, 1.54) is 13.2 Å². The fourth-order valence-corrected chi connectivity index (χ4v) is 2.21. The molecule has 0 atom stereocenters. The summed E-state index contributed by atoms with van der Waals surface area (Å²) >= 11 is 0. The van der Waals surface area contributed by atoms with Crippen molar-refractivity contribution < 1.29 is 23.5 Å². The van der Waals surface area contributed by atoms with Crippen LogP contribution in [0.5, 0.6) is 0 Å². The van der Waals surface area contributed by atoms with Crippen molar-refractivity contribution in [3.8, 4) is 0 Å². The lowest BCUT2D eigenvalue weighted by atomic mass is 10.2. The van der Waals surface area contributed by atoms with Crippen LogP contribution in [0.4, 0.5) is 0 Å². The van der Waals surface area contributed by atoms with E-state index in [2.05, 4.69) is 4.74 Å². The molecule has 0 unspecified atom stereocenters. The lowest BCUT2D eigenvalue weighted by molar-refractivity contribution is -0.141. The number of fused-ring (bicyclic) bond motifs is 1. The summed E-state index contributed by atoms with van der Waals surface area (Å²) in [5.74, 6) is 0.0344. The average Bonchev–Trinajstić information content (AvgIpc) is 3.02. The molecule has 0 spiro atoms. The number of benzene rings is 1. The van der Waals surface area contributed by atoms with Crippen molar-refractivity contribution in [3.63, 3.8) is 0 Å². The molecule has 1 amide bonds. The van der Waals surface area contributed by atoms with Crippen LogP contribution >= 0.6 is 0 Å². The van der Waals surface area contributed by atoms with E-state index < -0.39 is 0 Å². The monoisotopic (exact) mass is 331 g/mol. The highest BCUT2D eigenvalue weighted by atomic mass is 16.5. The van der Waals surface area contributed by atoms with Crippen molar-refractivity contribution in [3.05, 3.63) is 42.2 Å². The maximum absolute atomic E-state index is 12.3. The van der Waals surface area contributed by atoms with Gasteiger partial charge in [-0.3, -0.25) is 9.59 Å². The van der Waals surface area contributed by atoms with Crippen LogP contribution in [-0.4, -0.2) is 50.7 Å². The number of esters is 1. The van der Waals surface area contributed by atoms with Gasteiger partial charge in [-0.15, -0.1) is 0 Å². The minimum Gasteiger partial charge on any atom is -0.469 e. The SMILES string of the molecule is COCCN(CCC(=O)OC)C(=O)/C=C/c1cc2ccccc2o1. The molecule has 0 saturated carbocycles. The van der Waals surface area contributed by atoms with Gasteiger partial charge >= 0.3 is 5.97 Å². The van der Waals surface area contributed by atoms with Crippen LogP contribution in [0.1, 0.15) is 12.2 Å². The minimum absolute atomic E-state index is 0.143. The van der Waals surface area contributed by atoms with Crippen molar-refractivity contribution in [1.82, 2.24) is 4.90 Å². The Bertz CT molecular complexity index is 686. The Morgan fingerprint density at radius 1 is 1.21 bits per heavy atom. The molecule has 1 aromatic carbocycles. The molecule has 0 N–H and O–H groups in total. The maximum Gasteiger partial charge on any atom is 0.307 e. The number of hydrogen-bond acceptors (Lipinski definition) is 5. The van der Waals surface area contributed by atoms with Gasteiger partial charge in [0.1, 0.15) is 11.3 Å². The van der Waals surface area contributed by atoms with E-state index in [1.54, 1.807) is 18.1 Å². The Kier molecular flexibility index (Phi) is 6.57. The Labute approximate surface area is 140 Å². The molecule has 2 rings (SSSR count). The lowest BCUT2D eigenvalue weighted by Gasteiger charge is -2.20. The van der Waals surface area contributed by atoms with Gasteiger partial charge in [-0.1, -0.05) is 18.2 Å². The van der Waals surface area contributed by atoms with Gasteiger partial charge in [-0.25, -0.2) is 0 Å². The second-order valence-corrected chi connectivity index (χ2v) is 5.16. The first kappa shape index (κ1) is 17.7. The molecule has 0 saturated heterocycles. The predicted octanol–water partition coefficient (Wildman–Crippen LogP) is 2.48. The molecule has 1 heterocycles. The third-order valence-electron chi connectivity index (χ3n) is 3.53. The quantitative estimate of drug-likeness (QED) is 0.549. The van der Waals surface area contributed by atoms with Crippen LogP contribution in [0.15, 0.2) is 40.8 Å². The highest BCUT2D eigenvalue weighted by Crippen LogP contribution is 2.19. The fourth-order valence-electron chi connectivity index (χ4n) is 2.21. The molecule has 0 radical (unpaired) electrons. The van der Waals surface area contributed by atoms with Gasteiger partial charge in [0.05, 0.1) is 20.1 Å². The van der Waals surface area contributed by atoms with E-state index >= 15 is 0 Å². The molecule has 6 heteroatoms. The number of methoxy groups -OCH3 is 2. The first-order valence-electron chi connectivity index (χ1n) is 7.65. The van der Waals surface area contributed by atoms with E-state index in [-0.39, 0.29) is 24.8 Å². The maximum atomic E-state index is 12.3. The van der Waals surface area contributed by atoms with Gasteiger partial charge in [-0.05, 0) is 18.2 Å². The molecule has 0 bridgehead atoms. The highest BCUT2D eigenvalue weighted by molar-refractivity contribution is 5.92. The summed E-state index contributed by atoms with van der Waals surface area (Å²) in [6, 6.07) is 9.50. The van der Waals surface area contributed by atoms with Crippen LogP contribution in [0.3, 0.4) is 0 Å². The number of nitrogens with zero attached hydrogens (tertiary/aromatic N) is 1. The zero-order valence-electron chi connectivity index (χ0n) is 13.9. The van der Waals surface area contributed by atoms with Crippen LogP contribution in [-0.2, 0) is 19.1 Å². The largest absolute Gasteiger partial charge is 0.469 e. The average molecular weight is 331 g/mol. The third-order valence-corrected chi connectivity index (χ3v) is 3.53. The molecule has 6 nitrogen and oxygen atoms in total. The zero-order chi connectivity index (χ0) is 17.4. The summed E-state index contributed by atoms with van der Waals surface area (Å²) in [6.07, 6.45) is 3.20. The lowest BCUT2D eigenvalue weighted by Crippen LogP contribution is -2.34. The van der Waals surface area contributed by atoms with Crippen molar-refractivity contribution in [2.75, 3.05) is 33.9 Å². The van der Waals surface area contributed by atoms with Crippen molar-refractivity contribution in [2.24, 2.45) is 0 Å². The topological polar surface area (TPSA) is 69.0 Å². The molecular formula is C18H21NO5. The Hall–Kier alpha value is -2.60. The summed E-state index contributed by atoms with van der Waals surface area (Å²) < 4.78 is 15.3. The first-order chi connectivity index (χ1) is 11.6. The number of carbonyl (C=O) groups excluding carboxylic acids is 2. The zero-order valence-corrected chi connectivity index (χ0v) is 13.9. The van der Waals surface area contributed by atoms with E-state index in [0.717, 1.165) is 11.0 Å².